The number of nitrogens with zero attached hydrogens (tertiary/aromatic N) is 5. The van der Waals surface area contributed by atoms with E-state index in [-0.39, 0.29) is 11.3 Å². The van der Waals surface area contributed by atoms with E-state index < -0.39 is 17.7 Å². The Bertz CT molecular complexity index is 1190. The first-order valence-corrected chi connectivity index (χ1v) is 10.8. The van der Waals surface area contributed by atoms with E-state index in [0.29, 0.717) is 29.8 Å². The molecule has 1 atom stereocenters. The Morgan fingerprint density at radius 1 is 1.09 bits per heavy atom. The van der Waals surface area contributed by atoms with Crippen molar-refractivity contribution in [2.45, 2.75) is 19.4 Å². The van der Waals surface area contributed by atoms with E-state index in [9.17, 15) is 14.7 Å². The zero-order chi connectivity index (χ0) is 23.5. The molecule has 1 amide bonds. The first kappa shape index (κ1) is 22.4. The number of carbonyl (C=O) groups is 2. The zero-order valence-corrected chi connectivity index (χ0v) is 19.0. The van der Waals surface area contributed by atoms with Gasteiger partial charge in [0.1, 0.15) is 5.76 Å². The fourth-order valence-corrected chi connectivity index (χ4v) is 4.17. The van der Waals surface area contributed by atoms with Crippen LogP contribution in [0.3, 0.4) is 0 Å². The highest BCUT2D eigenvalue weighted by Gasteiger charge is 2.46. The van der Waals surface area contributed by atoms with Crippen LogP contribution in [0.15, 0.2) is 66.6 Å². The molecule has 1 aromatic carbocycles. The summed E-state index contributed by atoms with van der Waals surface area (Å²) in [5.74, 6) is -1.53. The summed E-state index contributed by atoms with van der Waals surface area (Å²) < 4.78 is 1.70. The van der Waals surface area contributed by atoms with Crippen molar-refractivity contribution < 1.29 is 14.7 Å². The number of benzene rings is 1. The third kappa shape index (κ3) is 4.29. The second-order valence-corrected chi connectivity index (χ2v) is 8.33. The van der Waals surface area contributed by atoms with Crippen LogP contribution in [0, 0.1) is 6.92 Å². The Hall–Kier alpha value is -3.78. The number of ketones is 1. The van der Waals surface area contributed by atoms with E-state index in [0.717, 1.165) is 12.2 Å². The van der Waals surface area contributed by atoms with Crippen LogP contribution < -0.4 is 0 Å². The van der Waals surface area contributed by atoms with Gasteiger partial charge in [-0.2, -0.15) is 5.10 Å². The number of likely N-dealkylation sites (tertiary alicyclic amines) is 1. The van der Waals surface area contributed by atoms with Crippen molar-refractivity contribution in [3.8, 4) is 5.69 Å². The van der Waals surface area contributed by atoms with Crippen LogP contribution in [-0.4, -0.2) is 68.5 Å². The van der Waals surface area contributed by atoms with Crippen molar-refractivity contribution in [1.82, 2.24) is 24.6 Å². The maximum Gasteiger partial charge on any atom is 0.295 e. The molecule has 2 aromatic heterocycles. The van der Waals surface area contributed by atoms with Crippen LogP contribution >= 0.6 is 0 Å². The molecule has 3 aromatic rings. The molecular weight excluding hydrogens is 418 g/mol. The lowest BCUT2D eigenvalue weighted by Gasteiger charge is -2.25. The highest BCUT2D eigenvalue weighted by molar-refractivity contribution is 6.46. The molecule has 0 radical (unpaired) electrons. The monoisotopic (exact) mass is 445 g/mol. The minimum atomic E-state index is -0.708. The minimum Gasteiger partial charge on any atom is -0.507 e. The van der Waals surface area contributed by atoms with E-state index >= 15 is 0 Å². The number of Topliss-reactive ketones (excluding diaryl/α,β-unsaturated/α-hetero) is 1. The number of amides is 1. The van der Waals surface area contributed by atoms with Crippen molar-refractivity contribution in [2.75, 3.05) is 27.2 Å². The quantitative estimate of drug-likeness (QED) is 0.342. The largest absolute Gasteiger partial charge is 0.507 e. The van der Waals surface area contributed by atoms with Gasteiger partial charge in [0.05, 0.1) is 34.8 Å². The number of pyridine rings is 1. The summed E-state index contributed by atoms with van der Waals surface area (Å²) in [4.78, 5) is 33.9. The predicted molar refractivity (Wildman–Crippen MR) is 125 cm³/mol. The number of para-hydroxylation sites is 1. The Kier molecular flexibility index (Phi) is 6.37. The summed E-state index contributed by atoms with van der Waals surface area (Å²) in [5, 5.41) is 15.7. The topological polar surface area (TPSA) is 91.6 Å². The van der Waals surface area contributed by atoms with E-state index in [1.165, 1.54) is 11.1 Å². The van der Waals surface area contributed by atoms with Gasteiger partial charge in [-0.15, -0.1) is 0 Å². The lowest BCUT2D eigenvalue weighted by atomic mass is 9.96. The van der Waals surface area contributed by atoms with Crippen molar-refractivity contribution >= 4 is 17.4 Å². The number of hydrogen-bond donors (Lipinski definition) is 1. The predicted octanol–water partition coefficient (Wildman–Crippen LogP) is 2.95. The fourth-order valence-electron chi connectivity index (χ4n) is 4.17. The second-order valence-electron chi connectivity index (χ2n) is 8.33. The smallest absolute Gasteiger partial charge is 0.295 e. The maximum absolute atomic E-state index is 13.1. The first-order chi connectivity index (χ1) is 15.9. The third-order valence-corrected chi connectivity index (χ3v) is 5.81. The van der Waals surface area contributed by atoms with Gasteiger partial charge in [0.15, 0.2) is 0 Å². The van der Waals surface area contributed by atoms with E-state index in [1.807, 2.05) is 62.3 Å². The molecule has 1 aliphatic heterocycles. The third-order valence-electron chi connectivity index (χ3n) is 5.81. The zero-order valence-electron chi connectivity index (χ0n) is 19.0. The lowest BCUT2D eigenvalue weighted by Crippen LogP contribution is -2.32. The second kappa shape index (κ2) is 9.38. The van der Waals surface area contributed by atoms with Crippen molar-refractivity contribution in [2.24, 2.45) is 0 Å². The van der Waals surface area contributed by atoms with Gasteiger partial charge >= 0.3 is 0 Å². The SMILES string of the molecule is Cc1c(/C(O)=C2\C(=O)C(=O)N(CCCN(C)C)[C@H]2c2cccnc2)cnn1-c1ccccc1. The summed E-state index contributed by atoms with van der Waals surface area (Å²) in [5.41, 5.74) is 2.66. The van der Waals surface area contributed by atoms with Crippen LogP contribution in [0.25, 0.3) is 11.4 Å². The van der Waals surface area contributed by atoms with Gasteiger partial charge in [0.25, 0.3) is 11.7 Å². The molecule has 0 saturated carbocycles. The Morgan fingerprint density at radius 2 is 1.85 bits per heavy atom. The molecular formula is C25H27N5O3. The Morgan fingerprint density at radius 3 is 2.52 bits per heavy atom. The standard InChI is InChI=1S/C25H27N5O3/c1-17-20(16-27-30(17)19-10-5-4-6-11-19)23(31)21-22(18-9-7-12-26-15-18)29(25(33)24(21)32)14-8-13-28(2)3/h4-7,9-12,15-16,22,31H,8,13-14H2,1-3H3/b23-21+/t22-/m0/s1. The molecule has 4 rings (SSSR count). The maximum atomic E-state index is 13.1. The van der Waals surface area contributed by atoms with Crippen LogP contribution in [0.5, 0.6) is 0 Å². The van der Waals surface area contributed by atoms with Gasteiger partial charge in [0.2, 0.25) is 0 Å². The molecule has 8 nitrogen and oxygen atoms in total. The molecule has 0 bridgehead atoms. The summed E-state index contributed by atoms with van der Waals surface area (Å²) in [6, 6.07) is 12.4. The molecule has 3 heterocycles. The van der Waals surface area contributed by atoms with E-state index in [2.05, 4.69) is 10.1 Å². The molecule has 0 unspecified atom stereocenters. The molecule has 0 aliphatic carbocycles. The van der Waals surface area contributed by atoms with Gasteiger partial charge in [-0.25, -0.2) is 4.68 Å². The van der Waals surface area contributed by atoms with Crippen LogP contribution in [0.1, 0.15) is 29.3 Å². The van der Waals surface area contributed by atoms with Gasteiger partial charge < -0.3 is 14.9 Å². The molecule has 1 fully saturated rings. The highest BCUT2D eigenvalue weighted by Crippen LogP contribution is 2.39. The average Bonchev–Trinajstić information content (AvgIpc) is 3.32. The van der Waals surface area contributed by atoms with Crippen molar-refractivity contribution in [3.63, 3.8) is 0 Å². The number of carbonyl (C=O) groups excluding carboxylic acids is 2. The molecule has 33 heavy (non-hydrogen) atoms. The average molecular weight is 446 g/mol. The van der Waals surface area contributed by atoms with Gasteiger partial charge in [-0.05, 0) is 57.7 Å². The number of aliphatic hydroxyl groups excluding tert-OH is 1. The van der Waals surface area contributed by atoms with E-state index in [4.69, 9.17) is 0 Å². The molecule has 8 heteroatoms. The highest BCUT2D eigenvalue weighted by atomic mass is 16.3. The van der Waals surface area contributed by atoms with Gasteiger partial charge in [-0.3, -0.25) is 14.6 Å². The fraction of sp³-hybridized carbons (Fsp3) is 0.280. The van der Waals surface area contributed by atoms with Crippen LogP contribution in [0.2, 0.25) is 0 Å². The summed E-state index contributed by atoms with van der Waals surface area (Å²) in [6.45, 7) is 2.98. The Labute approximate surface area is 192 Å². The van der Waals surface area contributed by atoms with Crippen molar-refractivity contribution in [1.29, 1.82) is 0 Å². The number of aliphatic hydroxyl groups is 1. The Balaban J connectivity index is 1.79. The first-order valence-electron chi connectivity index (χ1n) is 10.8. The molecule has 1 aliphatic rings. The van der Waals surface area contributed by atoms with Crippen LogP contribution in [-0.2, 0) is 9.59 Å². The molecule has 0 spiro atoms. The molecule has 170 valence electrons. The lowest BCUT2D eigenvalue weighted by molar-refractivity contribution is -0.139. The van der Waals surface area contributed by atoms with E-state index in [1.54, 1.807) is 23.1 Å². The molecule has 1 saturated heterocycles. The minimum absolute atomic E-state index is 0.0635. The molecule has 1 N–H and O–H groups in total. The van der Waals surface area contributed by atoms with Crippen LogP contribution in [0.4, 0.5) is 0 Å². The number of rotatable bonds is 7. The van der Waals surface area contributed by atoms with Crippen molar-refractivity contribution in [3.05, 3.63) is 83.4 Å². The summed E-state index contributed by atoms with van der Waals surface area (Å²) in [6.07, 6.45) is 5.48. The van der Waals surface area contributed by atoms with Gasteiger partial charge in [-0.1, -0.05) is 24.3 Å². The number of aromatic nitrogens is 3. The number of hydrogen-bond acceptors (Lipinski definition) is 6. The summed E-state index contributed by atoms with van der Waals surface area (Å²) in [7, 11) is 3.92. The summed E-state index contributed by atoms with van der Waals surface area (Å²) >= 11 is 0. The van der Waals surface area contributed by atoms with Gasteiger partial charge in [0, 0.05) is 18.9 Å². The normalized spacial score (nSPS) is 17.8.